The van der Waals surface area contributed by atoms with Crippen molar-refractivity contribution >= 4 is 35.2 Å². The predicted octanol–water partition coefficient (Wildman–Crippen LogP) is 4.89. The summed E-state index contributed by atoms with van der Waals surface area (Å²) in [7, 11) is 0.570. The Morgan fingerprint density at radius 3 is 2.68 bits per heavy atom. The van der Waals surface area contributed by atoms with Crippen molar-refractivity contribution in [2.24, 2.45) is 0 Å². The first-order chi connectivity index (χ1) is 12.0. The zero-order valence-electron chi connectivity index (χ0n) is 14.5. The molecule has 0 aliphatic rings. The number of rotatable bonds is 15. The summed E-state index contributed by atoms with van der Waals surface area (Å²) in [5, 5.41) is 0.965. The molecule has 9 heteroatoms. The van der Waals surface area contributed by atoms with Gasteiger partial charge in [-0.25, -0.2) is 9.55 Å². The monoisotopic (exact) mass is 407 g/mol. The average Bonchev–Trinajstić information content (AvgIpc) is 2.62. The standard InChI is InChI=1S/C16H26NO5PS2/c1-21-23(19,20)22-13-8-4-2-3-5-9-15(18)11-14-24-25-16-10-6-7-12-17-16/h6-7,10,12H,2-5,8-9,11,13-14H2,1H3,(H,19,20). The number of Topliss-reactive ketones (excluding diaryl/α,β-unsaturated/α-hetero) is 1. The quantitative estimate of drug-likeness (QED) is 0.250. The van der Waals surface area contributed by atoms with Crippen LogP contribution in [0.3, 0.4) is 0 Å². The average molecular weight is 407 g/mol. The minimum absolute atomic E-state index is 0.214. The lowest BCUT2D eigenvalue weighted by molar-refractivity contribution is -0.118. The van der Waals surface area contributed by atoms with Crippen molar-refractivity contribution in [1.82, 2.24) is 4.98 Å². The first-order valence-corrected chi connectivity index (χ1v) is 12.1. The highest BCUT2D eigenvalue weighted by Crippen LogP contribution is 2.41. The summed E-state index contributed by atoms with van der Waals surface area (Å²) >= 11 is 0. The van der Waals surface area contributed by atoms with E-state index in [9.17, 15) is 9.36 Å². The second-order valence-corrected chi connectivity index (χ2v) is 9.36. The third-order valence-corrected chi connectivity index (χ3v) is 6.57. The number of carbonyl (C=O) groups is 1. The van der Waals surface area contributed by atoms with Crippen LogP contribution in [0.4, 0.5) is 0 Å². The van der Waals surface area contributed by atoms with Crippen LogP contribution in [0.25, 0.3) is 0 Å². The van der Waals surface area contributed by atoms with Gasteiger partial charge in [-0.2, -0.15) is 0 Å². The van der Waals surface area contributed by atoms with Crippen LogP contribution in [0.2, 0.25) is 0 Å². The van der Waals surface area contributed by atoms with Crippen LogP contribution in [0.5, 0.6) is 0 Å². The van der Waals surface area contributed by atoms with Gasteiger partial charge < -0.3 is 4.89 Å². The molecule has 142 valence electrons. The molecule has 0 spiro atoms. The minimum Gasteiger partial charge on any atom is -0.303 e. The highest BCUT2D eigenvalue weighted by Gasteiger charge is 2.17. The highest BCUT2D eigenvalue weighted by molar-refractivity contribution is 8.76. The van der Waals surface area contributed by atoms with E-state index in [2.05, 4.69) is 9.51 Å². The van der Waals surface area contributed by atoms with Crippen molar-refractivity contribution in [3.8, 4) is 0 Å². The fraction of sp³-hybridized carbons (Fsp3) is 0.625. The molecule has 0 saturated carbocycles. The number of phosphoric acid groups is 1. The van der Waals surface area contributed by atoms with E-state index >= 15 is 0 Å². The highest BCUT2D eigenvalue weighted by atomic mass is 33.1. The van der Waals surface area contributed by atoms with Gasteiger partial charge in [-0.3, -0.25) is 13.8 Å². The van der Waals surface area contributed by atoms with Crippen LogP contribution in [-0.2, 0) is 18.4 Å². The normalized spacial score (nSPS) is 13.5. The van der Waals surface area contributed by atoms with Crippen LogP contribution in [-0.4, -0.2) is 35.1 Å². The second kappa shape index (κ2) is 13.8. The molecule has 0 aliphatic heterocycles. The van der Waals surface area contributed by atoms with Crippen LogP contribution >= 0.6 is 29.4 Å². The lowest BCUT2D eigenvalue weighted by Gasteiger charge is -2.08. The Kier molecular flexibility index (Phi) is 12.5. The third-order valence-electron chi connectivity index (χ3n) is 3.33. The lowest BCUT2D eigenvalue weighted by Crippen LogP contribution is -1.99. The van der Waals surface area contributed by atoms with Crippen LogP contribution in [0.15, 0.2) is 29.4 Å². The molecule has 0 fully saturated rings. The molecule has 25 heavy (non-hydrogen) atoms. The number of hydrogen-bond acceptors (Lipinski definition) is 7. The maximum absolute atomic E-state index is 11.8. The molecule has 0 radical (unpaired) electrons. The zero-order valence-corrected chi connectivity index (χ0v) is 17.0. The van der Waals surface area contributed by atoms with Gasteiger partial charge in [-0.05, 0) is 35.8 Å². The Morgan fingerprint density at radius 1 is 1.20 bits per heavy atom. The number of nitrogens with zero attached hydrogens (tertiary/aromatic N) is 1. The maximum atomic E-state index is 11.8. The van der Waals surface area contributed by atoms with E-state index in [0.29, 0.717) is 25.0 Å². The molecular formula is C16H26NO5PS2. The van der Waals surface area contributed by atoms with Crippen molar-refractivity contribution in [2.75, 3.05) is 19.5 Å². The van der Waals surface area contributed by atoms with Crippen LogP contribution in [0, 0.1) is 0 Å². The van der Waals surface area contributed by atoms with E-state index in [4.69, 9.17) is 9.42 Å². The van der Waals surface area contributed by atoms with Gasteiger partial charge in [0.2, 0.25) is 0 Å². The number of pyridine rings is 1. The first-order valence-electron chi connectivity index (χ1n) is 8.29. The molecular weight excluding hydrogens is 381 g/mol. The SMILES string of the molecule is COP(=O)(O)OCCCCCCCC(=O)CCSSc1ccccn1. The van der Waals surface area contributed by atoms with Crippen LogP contribution < -0.4 is 0 Å². The predicted molar refractivity (Wildman–Crippen MR) is 103 cm³/mol. The van der Waals surface area contributed by atoms with Gasteiger partial charge in [0, 0.05) is 31.9 Å². The van der Waals surface area contributed by atoms with E-state index in [0.717, 1.165) is 43.6 Å². The third kappa shape index (κ3) is 12.6. The van der Waals surface area contributed by atoms with Gasteiger partial charge in [0.15, 0.2) is 0 Å². The fourth-order valence-corrected chi connectivity index (χ4v) is 4.34. The van der Waals surface area contributed by atoms with Gasteiger partial charge in [-0.1, -0.05) is 36.1 Å². The molecule has 1 N–H and O–H groups in total. The molecule has 0 aromatic carbocycles. The van der Waals surface area contributed by atoms with Gasteiger partial charge in [0.25, 0.3) is 0 Å². The van der Waals surface area contributed by atoms with Gasteiger partial charge in [0.05, 0.1) is 6.61 Å². The molecule has 0 saturated heterocycles. The Balaban J connectivity index is 1.89. The largest absolute Gasteiger partial charge is 0.471 e. The number of unbranched alkanes of at least 4 members (excludes halogenated alkanes) is 4. The molecule has 1 aromatic rings. The lowest BCUT2D eigenvalue weighted by atomic mass is 10.1. The summed E-state index contributed by atoms with van der Waals surface area (Å²) in [6.45, 7) is 0.214. The Labute approximate surface area is 157 Å². The number of carbonyl (C=O) groups excluding carboxylic acids is 1. The van der Waals surface area contributed by atoms with E-state index in [1.54, 1.807) is 27.8 Å². The molecule has 0 amide bonds. The summed E-state index contributed by atoms with van der Waals surface area (Å²) in [4.78, 5) is 25.1. The van der Waals surface area contributed by atoms with Crippen molar-refractivity contribution in [1.29, 1.82) is 0 Å². The zero-order chi connectivity index (χ0) is 18.4. The molecule has 1 aromatic heterocycles. The molecule has 0 bridgehead atoms. The summed E-state index contributed by atoms with van der Waals surface area (Å²) in [5.74, 6) is 1.11. The first kappa shape index (κ1) is 22.7. The van der Waals surface area contributed by atoms with E-state index in [1.807, 2.05) is 18.2 Å². The summed E-state index contributed by atoms with van der Waals surface area (Å²) in [6, 6.07) is 5.79. The summed E-state index contributed by atoms with van der Waals surface area (Å²) in [5.41, 5.74) is 0. The van der Waals surface area contributed by atoms with E-state index in [-0.39, 0.29) is 6.61 Å². The molecule has 1 atom stereocenters. The number of aromatic nitrogens is 1. The molecule has 6 nitrogen and oxygen atoms in total. The van der Waals surface area contributed by atoms with Crippen molar-refractivity contribution in [2.45, 2.75) is 50.0 Å². The van der Waals surface area contributed by atoms with E-state index in [1.165, 1.54) is 0 Å². The van der Waals surface area contributed by atoms with Crippen LogP contribution in [0.1, 0.15) is 44.9 Å². The maximum Gasteiger partial charge on any atom is 0.471 e. The summed E-state index contributed by atoms with van der Waals surface area (Å²) in [6.07, 6.45) is 7.49. The second-order valence-electron chi connectivity index (χ2n) is 5.36. The molecule has 0 aliphatic carbocycles. The molecule has 1 unspecified atom stereocenters. The van der Waals surface area contributed by atoms with Gasteiger partial charge >= 0.3 is 7.82 Å². The topological polar surface area (TPSA) is 85.7 Å². The van der Waals surface area contributed by atoms with Crippen molar-refractivity contribution in [3.63, 3.8) is 0 Å². The van der Waals surface area contributed by atoms with Gasteiger partial charge in [-0.15, -0.1) is 0 Å². The van der Waals surface area contributed by atoms with Crippen molar-refractivity contribution < 1.29 is 23.3 Å². The Bertz CT molecular complexity index is 533. The number of phosphoric ester groups is 1. The minimum atomic E-state index is -3.83. The van der Waals surface area contributed by atoms with Crippen molar-refractivity contribution in [3.05, 3.63) is 24.4 Å². The van der Waals surface area contributed by atoms with Gasteiger partial charge in [0.1, 0.15) is 10.8 Å². The van der Waals surface area contributed by atoms with E-state index < -0.39 is 7.82 Å². The molecule has 1 heterocycles. The number of hydrogen-bond donors (Lipinski definition) is 1. The number of ketones is 1. The smallest absolute Gasteiger partial charge is 0.303 e. The summed E-state index contributed by atoms with van der Waals surface area (Å²) < 4.78 is 20.1. The Morgan fingerprint density at radius 2 is 1.96 bits per heavy atom. The Hall–Kier alpha value is -0.370. The molecule has 1 rings (SSSR count). The fourth-order valence-electron chi connectivity index (χ4n) is 1.97.